The zero-order chi connectivity index (χ0) is 35.6. The molecule has 51 heavy (non-hydrogen) atoms. The summed E-state index contributed by atoms with van der Waals surface area (Å²) in [5.74, 6) is -1.09. The number of benzene rings is 5. The zero-order valence-corrected chi connectivity index (χ0v) is 28.1. The van der Waals surface area contributed by atoms with Crippen LogP contribution < -0.4 is 0 Å². The van der Waals surface area contributed by atoms with Gasteiger partial charge in [-0.1, -0.05) is 140 Å². The molecule has 0 aliphatic carbocycles. The first-order valence-electron chi connectivity index (χ1n) is 16.6. The number of aromatic nitrogens is 2. The fourth-order valence-electron chi connectivity index (χ4n) is 7.26. The summed E-state index contributed by atoms with van der Waals surface area (Å²) in [5.41, 5.74) is 2.15. The Bertz CT molecular complexity index is 2120. The number of carbonyl (C=O) groups is 1. The number of nitrogens with zero attached hydrogens (tertiary/aromatic N) is 6. The first-order valence-corrected chi connectivity index (χ1v) is 16.6. The number of imidazole rings is 1. The molecule has 10 heteroatoms. The summed E-state index contributed by atoms with van der Waals surface area (Å²) in [6, 6.07) is 46.3. The minimum absolute atomic E-state index is 0.00600. The number of aliphatic hydroxyl groups is 2. The zero-order valence-electron chi connectivity index (χ0n) is 28.1. The van der Waals surface area contributed by atoms with Crippen molar-refractivity contribution in [3.8, 4) is 11.1 Å². The summed E-state index contributed by atoms with van der Waals surface area (Å²) >= 11 is 0. The predicted molar refractivity (Wildman–Crippen MR) is 192 cm³/mol. The number of aliphatic hydroxyl groups excluding tert-OH is 1. The first kappa shape index (κ1) is 33.4. The van der Waals surface area contributed by atoms with Crippen LogP contribution in [-0.4, -0.2) is 30.8 Å². The number of hydrogen-bond donors (Lipinski definition) is 3. The molecule has 254 valence electrons. The number of hydrogen-bond acceptors (Lipinski definition) is 8. The Morgan fingerprint density at radius 2 is 1.20 bits per heavy atom. The van der Waals surface area contributed by atoms with E-state index in [4.69, 9.17) is 10.2 Å². The topological polar surface area (TPSA) is 145 Å². The van der Waals surface area contributed by atoms with Gasteiger partial charge in [0.25, 0.3) is 0 Å². The molecule has 3 N–H and O–H groups in total. The van der Waals surface area contributed by atoms with Crippen LogP contribution in [0, 0.1) is 0 Å². The van der Waals surface area contributed by atoms with E-state index < -0.39 is 29.3 Å². The third-order valence-electron chi connectivity index (χ3n) is 9.44. The van der Waals surface area contributed by atoms with Crippen LogP contribution in [0.3, 0.4) is 0 Å². The monoisotopic (exact) mass is 676 g/mol. The van der Waals surface area contributed by atoms with E-state index >= 15 is 0 Å². The molecule has 0 bridgehead atoms. The lowest BCUT2D eigenvalue weighted by molar-refractivity contribution is 0.0602. The van der Waals surface area contributed by atoms with Gasteiger partial charge in [-0.25, -0.2) is 9.78 Å². The van der Waals surface area contributed by atoms with E-state index in [-0.39, 0.29) is 23.8 Å². The molecule has 0 radical (unpaired) electrons. The molecule has 0 amide bonds. The average molecular weight is 677 g/mol. The second kappa shape index (κ2) is 13.3. The van der Waals surface area contributed by atoms with Gasteiger partial charge >= 0.3 is 5.97 Å². The average Bonchev–Trinajstić information content (AvgIpc) is 3.80. The Morgan fingerprint density at radius 1 is 0.706 bits per heavy atom. The molecule has 0 saturated carbocycles. The summed E-state index contributed by atoms with van der Waals surface area (Å²) < 4.78 is 1.43. The Morgan fingerprint density at radius 3 is 1.67 bits per heavy atom. The molecule has 6 aromatic rings. The Kier molecular flexibility index (Phi) is 8.72. The normalized spacial score (nSPS) is 13.8. The molecule has 0 saturated heterocycles. The van der Waals surface area contributed by atoms with E-state index in [2.05, 4.69) is 51.8 Å². The lowest BCUT2D eigenvalue weighted by atomic mass is 9.59. The van der Waals surface area contributed by atoms with Gasteiger partial charge in [-0.05, 0) is 57.7 Å². The van der Waals surface area contributed by atoms with Gasteiger partial charge < -0.3 is 19.9 Å². The van der Waals surface area contributed by atoms with Gasteiger partial charge in [0.1, 0.15) is 23.7 Å². The number of aromatic carboxylic acids is 1. The van der Waals surface area contributed by atoms with Crippen molar-refractivity contribution in [3.05, 3.63) is 185 Å². The molecule has 10 nitrogen and oxygen atoms in total. The van der Waals surface area contributed by atoms with Crippen LogP contribution in [0.2, 0.25) is 0 Å². The van der Waals surface area contributed by atoms with Crippen molar-refractivity contribution in [3.63, 3.8) is 0 Å². The maximum atomic E-state index is 12.3. The Hall–Kier alpha value is -6.10. The first-order chi connectivity index (χ1) is 24.7. The molecule has 0 spiro atoms. The quantitative estimate of drug-likeness (QED) is 0.119. The van der Waals surface area contributed by atoms with Crippen LogP contribution in [0.5, 0.6) is 0 Å². The second-order valence-electron chi connectivity index (χ2n) is 13.0. The highest BCUT2D eigenvalue weighted by Gasteiger charge is 2.60. The fraction of sp³-hybridized carbons (Fsp3) is 0.171. The standard InChI is InChI=1S/C41H36N6O4/c1-39(2,51)37-36(38(49)50)47(35(27-48)42-37)26-28-22-24-29(25-23-28)33-20-12-13-21-34(33)41(43-45-46-44-41)40(30-14-6-3-7-15-30,31-16-8-4-9-17-31)32-18-10-5-11-19-32/h3-25,48,51H,26-27H2,1-2H3,(H,49,50). The highest BCUT2D eigenvalue weighted by atomic mass is 16.4. The van der Waals surface area contributed by atoms with E-state index in [1.807, 2.05) is 103 Å². The third-order valence-corrected chi connectivity index (χ3v) is 9.44. The summed E-state index contributed by atoms with van der Waals surface area (Å²) in [7, 11) is 0. The molecule has 0 atom stereocenters. The molecule has 0 unspecified atom stereocenters. The van der Waals surface area contributed by atoms with E-state index in [0.29, 0.717) is 0 Å². The van der Waals surface area contributed by atoms with Crippen molar-refractivity contribution < 1.29 is 20.1 Å². The second-order valence-corrected chi connectivity index (χ2v) is 13.0. The van der Waals surface area contributed by atoms with Crippen LogP contribution in [0.1, 0.15) is 63.7 Å². The number of carboxylic acids is 1. The molecule has 2 heterocycles. The van der Waals surface area contributed by atoms with Crippen LogP contribution in [0.25, 0.3) is 11.1 Å². The fourth-order valence-corrected chi connectivity index (χ4v) is 7.26. The van der Waals surface area contributed by atoms with Gasteiger partial charge in [-0.15, -0.1) is 10.2 Å². The molecule has 7 rings (SSSR count). The van der Waals surface area contributed by atoms with E-state index in [1.165, 1.54) is 18.4 Å². The van der Waals surface area contributed by atoms with Gasteiger partial charge in [0.05, 0.1) is 5.41 Å². The van der Waals surface area contributed by atoms with E-state index in [0.717, 1.165) is 38.9 Å². The van der Waals surface area contributed by atoms with E-state index in [9.17, 15) is 20.1 Å². The van der Waals surface area contributed by atoms with Crippen molar-refractivity contribution in [2.45, 2.75) is 43.7 Å². The highest BCUT2D eigenvalue weighted by molar-refractivity contribution is 5.87. The number of rotatable bonds is 11. The van der Waals surface area contributed by atoms with Crippen molar-refractivity contribution in [1.29, 1.82) is 0 Å². The molecule has 0 fully saturated rings. The summed E-state index contributed by atoms with van der Waals surface area (Å²) in [5, 5.41) is 49.1. The van der Waals surface area contributed by atoms with Crippen molar-refractivity contribution >= 4 is 5.97 Å². The molecule has 1 aliphatic rings. The van der Waals surface area contributed by atoms with Gasteiger partial charge in [-0.2, -0.15) is 0 Å². The molecule has 1 aromatic heterocycles. The highest BCUT2D eigenvalue weighted by Crippen LogP contribution is 2.58. The maximum absolute atomic E-state index is 12.3. The largest absolute Gasteiger partial charge is 0.477 e. The molecular weight excluding hydrogens is 640 g/mol. The molecule has 5 aromatic carbocycles. The Balaban J connectivity index is 1.40. The van der Waals surface area contributed by atoms with Gasteiger partial charge in [0, 0.05) is 12.1 Å². The SMILES string of the molecule is CC(C)(O)c1nc(CO)n(Cc2ccc(-c3ccccc3C3(C(c4ccccc4)(c4ccccc4)c4ccccc4)N=NN=N3)cc2)c1C(=O)O. The van der Waals surface area contributed by atoms with Crippen LogP contribution in [0.15, 0.2) is 160 Å². The molecular formula is C41H36N6O4. The van der Waals surface area contributed by atoms with Crippen molar-refractivity contribution in [2.75, 3.05) is 0 Å². The lowest BCUT2D eigenvalue weighted by Crippen LogP contribution is -2.48. The van der Waals surface area contributed by atoms with Crippen molar-refractivity contribution in [1.82, 2.24) is 9.55 Å². The smallest absolute Gasteiger partial charge is 0.354 e. The van der Waals surface area contributed by atoms with Gasteiger partial charge in [0.2, 0.25) is 5.66 Å². The predicted octanol–water partition coefficient (Wildman–Crippen LogP) is 8.04. The number of carboxylic acid groups (broad SMARTS) is 1. The summed E-state index contributed by atoms with van der Waals surface area (Å²) in [4.78, 5) is 16.6. The van der Waals surface area contributed by atoms with E-state index in [1.54, 1.807) is 0 Å². The van der Waals surface area contributed by atoms with Crippen LogP contribution >= 0.6 is 0 Å². The summed E-state index contributed by atoms with van der Waals surface area (Å²) in [6.45, 7) is 2.57. The van der Waals surface area contributed by atoms with Crippen LogP contribution in [-0.2, 0) is 29.8 Å². The lowest BCUT2D eigenvalue weighted by Gasteiger charge is -2.45. The minimum atomic E-state index is -1.52. The van der Waals surface area contributed by atoms with Crippen molar-refractivity contribution in [2.24, 2.45) is 20.7 Å². The summed E-state index contributed by atoms with van der Waals surface area (Å²) in [6.07, 6.45) is 0. The van der Waals surface area contributed by atoms with Gasteiger partial charge in [-0.3, -0.25) is 0 Å². The Labute approximate surface area is 295 Å². The molecule has 1 aliphatic heterocycles. The van der Waals surface area contributed by atoms with Gasteiger partial charge in [0.15, 0.2) is 5.69 Å². The third kappa shape index (κ3) is 5.64. The maximum Gasteiger partial charge on any atom is 0.354 e. The van der Waals surface area contributed by atoms with Crippen LogP contribution in [0.4, 0.5) is 0 Å². The minimum Gasteiger partial charge on any atom is -0.477 e.